The first-order valence-corrected chi connectivity index (χ1v) is 6.87. The maximum Gasteiger partial charge on any atom is 0.242 e. The number of nitrogen functional groups attached to an aromatic ring is 1. The van der Waals surface area contributed by atoms with Gasteiger partial charge in [-0.1, -0.05) is 6.07 Å². The topological polar surface area (TPSA) is 68.0 Å². The van der Waals surface area contributed by atoms with Gasteiger partial charge in [-0.15, -0.1) is 0 Å². The van der Waals surface area contributed by atoms with Gasteiger partial charge in [0.15, 0.2) is 0 Å². The number of nitrogens with zero attached hydrogens (tertiary/aromatic N) is 2. The van der Waals surface area contributed by atoms with Crippen LogP contribution in [0.2, 0.25) is 0 Å². The molecule has 1 amide bonds. The van der Waals surface area contributed by atoms with Crippen molar-refractivity contribution in [3.05, 3.63) is 18.2 Å². The summed E-state index contributed by atoms with van der Waals surface area (Å²) in [5, 5.41) is 0. The molecule has 0 bridgehead atoms. The molecule has 1 aromatic carbocycles. The minimum atomic E-state index is 0.115. The molecule has 0 unspecified atom stereocenters. The third kappa shape index (κ3) is 2.51. The lowest BCUT2D eigenvalue weighted by molar-refractivity contribution is -0.133. The molecule has 0 atom stereocenters. The van der Waals surface area contributed by atoms with Crippen molar-refractivity contribution in [1.29, 1.82) is 0 Å². The highest BCUT2D eigenvalue weighted by molar-refractivity contribution is 5.85. The van der Waals surface area contributed by atoms with Gasteiger partial charge in [0.05, 0.1) is 32.0 Å². The number of hydrogen-bond donors (Lipinski definition) is 1. The number of anilines is 2. The number of hydrogen-bond acceptors (Lipinski definition) is 5. The van der Waals surface area contributed by atoms with E-state index in [4.69, 9.17) is 15.2 Å². The summed E-state index contributed by atoms with van der Waals surface area (Å²) in [4.78, 5) is 16.2. The van der Waals surface area contributed by atoms with Gasteiger partial charge >= 0.3 is 0 Å². The molecule has 0 aromatic heterocycles. The standard InChI is InChI=1S/C14H19N3O3/c15-11-2-1-3-12-14(11)17(6-9-20-12)10-13(18)16-4-7-19-8-5-16/h1-3H,4-10,15H2. The number of benzene rings is 1. The summed E-state index contributed by atoms with van der Waals surface area (Å²) >= 11 is 0. The highest BCUT2D eigenvalue weighted by atomic mass is 16.5. The second-order valence-corrected chi connectivity index (χ2v) is 4.96. The molecule has 3 rings (SSSR count). The number of morpholine rings is 1. The van der Waals surface area contributed by atoms with Crippen LogP contribution in [0.25, 0.3) is 0 Å². The van der Waals surface area contributed by atoms with E-state index in [9.17, 15) is 4.79 Å². The Morgan fingerprint density at radius 2 is 2.00 bits per heavy atom. The van der Waals surface area contributed by atoms with E-state index in [-0.39, 0.29) is 5.91 Å². The van der Waals surface area contributed by atoms with Crippen molar-refractivity contribution < 1.29 is 14.3 Å². The molecule has 20 heavy (non-hydrogen) atoms. The molecule has 0 spiro atoms. The molecule has 6 nitrogen and oxygen atoms in total. The molecule has 2 N–H and O–H groups in total. The molecule has 2 heterocycles. The number of rotatable bonds is 2. The van der Waals surface area contributed by atoms with Crippen molar-refractivity contribution >= 4 is 17.3 Å². The van der Waals surface area contributed by atoms with Gasteiger partial charge < -0.3 is 25.0 Å². The lowest BCUT2D eigenvalue weighted by atomic mass is 10.2. The fourth-order valence-electron chi connectivity index (χ4n) is 2.61. The average molecular weight is 277 g/mol. The number of ether oxygens (including phenoxy) is 2. The van der Waals surface area contributed by atoms with E-state index in [1.807, 2.05) is 28.0 Å². The summed E-state index contributed by atoms with van der Waals surface area (Å²) in [6, 6.07) is 5.58. The Morgan fingerprint density at radius 1 is 1.20 bits per heavy atom. The summed E-state index contributed by atoms with van der Waals surface area (Å²) in [6.07, 6.45) is 0. The van der Waals surface area contributed by atoms with Crippen LogP contribution in [0, 0.1) is 0 Å². The third-order valence-electron chi connectivity index (χ3n) is 3.66. The minimum absolute atomic E-state index is 0.115. The normalized spacial score (nSPS) is 18.4. The first-order valence-electron chi connectivity index (χ1n) is 6.87. The van der Waals surface area contributed by atoms with Crippen molar-refractivity contribution in [2.45, 2.75) is 0 Å². The predicted octanol–water partition coefficient (Wildman–Crippen LogP) is 0.326. The molecule has 1 aromatic rings. The van der Waals surface area contributed by atoms with Crippen molar-refractivity contribution in [2.24, 2.45) is 0 Å². The van der Waals surface area contributed by atoms with Gasteiger partial charge in [-0.05, 0) is 12.1 Å². The Balaban J connectivity index is 1.74. The summed E-state index contributed by atoms with van der Waals surface area (Å²) in [5.41, 5.74) is 7.50. The van der Waals surface area contributed by atoms with E-state index in [0.717, 1.165) is 11.4 Å². The zero-order chi connectivity index (χ0) is 13.9. The van der Waals surface area contributed by atoms with E-state index in [0.29, 0.717) is 51.7 Å². The molecule has 1 saturated heterocycles. The second kappa shape index (κ2) is 5.58. The van der Waals surface area contributed by atoms with Crippen LogP contribution in [-0.4, -0.2) is 56.8 Å². The minimum Gasteiger partial charge on any atom is -0.489 e. The first kappa shape index (κ1) is 13.1. The maximum atomic E-state index is 12.3. The Labute approximate surface area is 118 Å². The number of nitrogens with two attached hydrogens (primary N) is 1. The van der Waals surface area contributed by atoms with Crippen LogP contribution in [-0.2, 0) is 9.53 Å². The molecule has 0 radical (unpaired) electrons. The fourth-order valence-corrected chi connectivity index (χ4v) is 2.61. The number of fused-ring (bicyclic) bond motifs is 1. The Kier molecular flexibility index (Phi) is 3.64. The summed E-state index contributed by atoms with van der Waals surface area (Å²) in [6.45, 7) is 4.16. The summed E-state index contributed by atoms with van der Waals surface area (Å²) in [5.74, 6) is 0.871. The molecule has 1 fully saturated rings. The van der Waals surface area contributed by atoms with Crippen molar-refractivity contribution in [3.8, 4) is 5.75 Å². The van der Waals surface area contributed by atoms with E-state index in [1.54, 1.807) is 0 Å². The molecule has 6 heteroatoms. The molecule has 0 saturated carbocycles. The van der Waals surface area contributed by atoms with Gasteiger partial charge in [0.2, 0.25) is 5.91 Å². The van der Waals surface area contributed by atoms with Gasteiger partial charge in [0.1, 0.15) is 18.0 Å². The van der Waals surface area contributed by atoms with E-state index >= 15 is 0 Å². The quantitative estimate of drug-likeness (QED) is 0.789. The summed E-state index contributed by atoms with van der Waals surface area (Å²) < 4.78 is 10.9. The Bertz CT molecular complexity index is 500. The van der Waals surface area contributed by atoms with Crippen molar-refractivity contribution in [1.82, 2.24) is 4.90 Å². The molecule has 108 valence electrons. The highest BCUT2D eigenvalue weighted by Gasteiger charge is 2.25. The lowest BCUT2D eigenvalue weighted by Crippen LogP contribution is -2.47. The van der Waals surface area contributed by atoms with Crippen LogP contribution >= 0.6 is 0 Å². The van der Waals surface area contributed by atoms with Crippen molar-refractivity contribution in [3.63, 3.8) is 0 Å². The summed E-state index contributed by atoms with van der Waals surface area (Å²) in [7, 11) is 0. The zero-order valence-electron chi connectivity index (χ0n) is 11.4. The van der Waals surface area contributed by atoms with Gasteiger partial charge in [-0.25, -0.2) is 0 Å². The zero-order valence-corrected chi connectivity index (χ0v) is 11.4. The van der Waals surface area contributed by atoms with Gasteiger partial charge in [-0.3, -0.25) is 4.79 Å². The molecule has 0 aliphatic carbocycles. The largest absolute Gasteiger partial charge is 0.489 e. The molecular weight excluding hydrogens is 258 g/mol. The van der Waals surface area contributed by atoms with Gasteiger partial charge in [-0.2, -0.15) is 0 Å². The predicted molar refractivity (Wildman–Crippen MR) is 76.0 cm³/mol. The number of carbonyl (C=O) groups excluding carboxylic acids is 1. The van der Waals surface area contributed by atoms with Gasteiger partial charge in [0.25, 0.3) is 0 Å². The fraction of sp³-hybridized carbons (Fsp3) is 0.500. The molecular formula is C14H19N3O3. The number of carbonyl (C=O) groups is 1. The Morgan fingerprint density at radius 3 is 2.80 bits per heavy atom. The van der Waals surface area contributed by atoms with Gasteiger partial charge in [0, 0.05) is 13.1 Å². The maximum absolute atomic E-state index is 12.3. The van der Waals surface area contributed by atoms with Crippen LogP contribution in [0.5, 0.6) is 5.75 Å². The molecule has 2 aliphatic rings. The van der Waals surface area contributed by atoms with Crippen molar-refractivity contribution in [2.75, 3.05) is 56.6 Å². The lowest BCUT2D eigenvalue weighted by Gasteiger charge is -2.34. The second-order valence-electron chi connectivity index (χ2n) is 4.96. The first-order chi connectivity index (χ1) is 9.75. The monoisotopic (exact) mass is 277 g/mol. The SMILES string of the molecule is Nc1cccc2c1N(CC(=O)N1CCOCC1)CCO2. The third-order valence-corrected chi connectivity index (χ3v) is 3.66. The van der Waals surface area contributed by atoms with Crippen LogP contribution in [0.1, 0.15) is 0 Å². The van der Waals surface area contributed by atoms with E-state index < -0.39 is 0 Å². The van der Waals surface area contributed by atoms with E-state index in [2.05, 4.69) is 0 Å². The van der Waals surface area contributed by atoms with Crippen LogP contribution < -0.4 is 15.4 Å². The van der Waals surface area contributed by atoms with E-state index in [1.165, 1.54) is 0 Å². The van der Waals surface area contributed by atoms with Crippen LogP contribution in [0.3, 0.4) is 0 Å². The molecule has 2 aliphatic heterocycles. The van der Waals surface area contributed by atoms with Crippen LogP contribution in [0.15, 0.2) is 18.2 Å². The highest BCUT2D eigenvalue weighted by Crippen LogP contribution is 2.36. The Hall–Kier alpha value is -1.95. The number of para-hydroxylation sites is 1. The average Bonchev–Trinajstić information content (AvgIpc) is 2.48. The smallest absolute Gasteiger partial charge is 0.242 e. The van der Waals surface area contributed by atoms with Crippen LogP contribution in [0.4, 0.5) is 11.4 Å². The number of amides is 1.